The van der Waals surface area contributed by atoms with Gasteiger partial charge in [-0.15, -0.1) is 0 Å². The smallest absolute Gasteiger partial charge is 0.259 e. The molecule has 0 saturated carbocycles. The van der Waals surface area contributed by atoms with Crippen molar-refractivity contribution in [2.24, 2.45) is 0 Å². The van der Waals surface area contributed by atoms with Gasteiger partial charge in [0.1, 0.15) is 22.8 Å². The van der Waals surface area contributed by atoms with Crippen LogP contribution in [0.4, 0.5) is 0 Å². The minimum absolute atomic E-state index is 0.00749. The van der Waals surface area contributed by atoms with Crippen molar-refractivity contribution < 1.29 is 9.32 Å². The summed E-state index contributed by atoms with van der Waals surface area (Å²) in [7, 11) is 0. The van der Waals surface area contributed by atoms with Crippen molar-refractivity contribution in [1.82, 2.24) is 19.6 Å². The summed E-state index contributed by atoms with van der Waals surface area (Å²) in [6.07, 6.45) is 5.87. The zero-order chi connectivity index (χ0) is 18.8. The van der Waals surface area contributed by atoms with Gasteiger partial charge in [0, 0.05) is 43.5 Å². The number of hydrogen-bond donors (Lipinski definition) is 0. The van der Waals surface area contributed by atoms with Gasteiger partial charge in [-0.1, -0.05) is 35.5 Å². The summed E-state index contributed by atoms with van der Waals surface area (Å²) in [5.41, 5.74) is 2.09. The van der Waals surface area contributed by atoms with Crippen LogP contribution in [0.25, 0.3) is 11.3 Å². The lowest BCUT2D eigenvalue weighted by atomic mass is 9.95. The number of rotatable bonds is 4. The highest BCUT2D eigenvalue weighted by Gasteiger charge is 2.31. The predicted octanol–water partition coefficient (Wildman–Crippen LogP) is 3.89. The highest BCUT2D eigenvalue weighted by molar-refractivity contribution is 6.00. The van der Waals surface area contributed by atoms with Crippen LogP contribution in [0.2, 0.25) is 0 Å². The van der Waals surface area contributed by atoms with E-state index >= 15 is 0 Å². The van der Waals surface area contributed by atoms with Crippen LogP contribution in [0.5, 0.6) is 0 Å². The third-order valence-corrected chi connectivity index (χ3v) is 5.29. The molecule has 1 atom stereocenters. The zero-order valence-electron chi connectivity index (χ0n) is 15.8. The number of nitrogens with zero attached hydrogens (tertiary/aromatic N) is 4. The van der Waals surface area contributed by atoms with Crippen molar-refractivity contribution in [3.63, 3.8) is 0 Å². The van der Waals surface area contributed by atoms with Gasteiger partial charge < -0.3 is 14.0 Å². The number of carbonyl (C=O) groups excluding carboxylic acids is 1. The number of hydrogen-bond acceptors (Lipinski definition) is 4. The van der Waals surface area contributed by atoms with Crippen LogP contribution in [0.1, 0.15) is 47.6 Å². The molecule has 0 aliphatic carbocycles. The Bertz CT molecular complexity index is 929. The lowest BCUT2D eigenvalue weighted by Gasteiger charge is -2.32. The summed E-state index contributed by atoms with van der Waals surface area (Å²) >= 11 is 0. The third-order valence-electron chi connectivity index (χ3n) is 5.29. The minimum Gasteiger partial charge on any atom is -0.360 e. The summed E-state index contributed by atoms with van der Waals surface area (Å²) < 4.78 is 7.55. The van der Waals surface area contributed by atoms with Crippen molar-refractivity contribution in [1.29, 1.82) is 0 Å². The quantitative estimate of drug-likeness (QED) is 0.705. The molecule has 4 rings (SSSR count). The molecule has 0 spiro atoms. The Kier molecular flexibility index (Phi) is 4.79. The molecule has 0 N–H and O–H groups in total. The molecule has 1 aliphatic heterocycles. The van der Waals surface area contributed by atoms with E-state index in [1.807, 2.05) is 47.6 Å². The summed E-state index contributed by atoms with van der Waals surface area (Å²) in [6.45, 7) is 6.24. The van der Waals surface area contributed by atoms with Crippen molar-refractivity contribution in [2.45, 2.75) is 39.2 Å². The van der Waals surface area contributed by atoms with Crippen LogP contribution in [0, 0.1) is 6.92 Å². The van der Waals surface area contributed by atoms with Gasteiger partial charge in [-0.05, 0) is 26.7 Å². The number of amides is 1. The average Bonchev–Trinajstić information content (AvgIpc) is 3.34. The van der Waals surface area contributed by atoms with Gasteiger partial charge in [-0.2, -0.15) is 0 Å². The van der Waals surface area contributed by atoms with Crippen LogP contribution in [0.15, 0.2) is 47.2 Å². The number of likely N-dealkylation sites (tertiary alicyclic amines) is 1. The zero-order valence-corrected chi connectivity index (χ0v) is 15.8. The lowest BCUT2D eigenvalue weighted by Crippen LogP contribution is -2.40. The van der Waals surface area contributed by atoms with E-state index in [1.165, 1.54) is 0 Å². The second kappa shape index (κ2) is 7.39. The van der Waals surface area contributed by atoms with E-state index in [4.69, 9.17) is 4.52 Å². The molecule has 0 bridgehead atoms. The number of piperidine rings is 1. The topological polar surface area (TPSA) is 64.2 Å². The van der Waals surface area contributed by atoms with Crippen LogP contribution in [0.3, 0.4) is 0 Å². The normalized spacial score (nSPS) is 17.3. The molecule has 0 radical (unpaired) electrons. The maximum atomic E-state index is 13.3. The molecular formula is C21H24N4O2. The van der Waals surface area contributed by atoms with Gasteiger partial charge in [-0.3, -0.25) is 4.79 Å². The van der Waals surface area contributed by atoms with Crippen molar-refractivity contribution in [3.05, 3.63) is 59.9 Å². The molecule has 6 nitrogen and oxygen atoms in total. The number of imidazole rings is 1. The molecule has 1 fully saturated rings. The second-order valence-corrected chi connectivity index (χ2v) is 6.99. The second-order valence-electron chi connectivity index (χ2n) is 6.99. The van der Waals surface area contributed by atoms with E-state index in [-0.39, 0.29) is 11.8 Å². The molecule has 3 heterocycles. The molecule has 1 aromatic carbocycles. The monoisotopic (exact) mass is 364 g/mol. The maximum Gasteiger partial charge on any atom is 0.259 e. The summed E-state index contributed by atoms with van der Waals surface area (Å²) in [5.74, 6) is 1.89. The molecular weight excluding hydrogens is 340 g/mol. The molecule has 1 saturated heterocycles. The van der Waals surface area contributed by atoms with Gasteiger partial charge in [0.05, 0.1) is 0 Å². The Hall–Kier alpha value is -2.89. The molecule has 27 heavy (non-hydrogen) atoms. The lowest BCUT2D eigenvalue weighted by molar-refractivity contribution is 0.0702. The fraction of sp³-hybridized carbons (Fsp3) is 0.381. The van der Waals surface area contributed by atoms with Crippen LogP contribution < -0.4 is 0 Å². The SMILES string of the molecule is CCn1ccnc1[C@H]1CCCN(C(=O)c2c(-c3ccccc3)noc2C)C1. The van der Waals surface area contributed by atoms with E-state index in [2.05, 4.69) is 21.6 Å². The van der Waals surface area contributed by atoms with E-state index in [0.29, 0.717) is 23.6 Å². The first-order chi connectivity index (χ1) is 13.2. The van der Waals surface area contributed by atoms with Gasteiger partial charge >= 0.3 is 0 Å². The van der Waals surface area contributed by atoms with Gasteiger partial charge in [0.2, 0.25) is 0 Å². The molecule has 140 valence electrons. The minimum atomic E-state index is -0.00749. The molecule has 2 aromatic heterocycles. The number of benzene rings is 1. The summed E-state index contributed by atoms with van der Waals surface area (Å²) in [6, 6.07) is 9.73. The van der Waals surface area contributed by atoms with E-state index in [9.17, 15) is 4.79 Å². The largest absolute Gasteiger partial charge is 0.360 e. The Balaban J connectivity index is 1.61. The summed E-state index contributed by atoms with van der Waals surface area (Å²) in [5, 5.41) is 4.16. The molecule has 1 amide bonds. The highest BCUT2D eigenvalue weighted by atomic mass is 16.5. The van der Waals surface area contributed by atoms with Crippen molar-refractivity contribution in [2.75, 3.05) is 13.1 Å². The first kappa shape index (κ1) is 17.5. The Morgan fingerprint density at radius 1 is 1.30 bits per heavy atom. The first-order valence-corrected chi connectivity index (χ1v) is 9.51. The first-order valence-electron chi connectivity index (χ1n) is 9.51. The van der Waals surface area contributed by atoms with Crippen LogP contribution in [-0.2, 0) is 6.54 Å². The predicted molar refractivity (Wildman–Crippen MR) is 102 cm³/mol. The van der Waals surface area contributed by atoms with E-state index in [0.717, 1.165) is 37.3 Å². The van der Waals surface area contributed by atoms with Crippen LogP contribution >= 0.6 is 0 Å². The van der Waals surface area contributed by atoms with E-state index < -0.39 is 0 Å². The van der Waals surface area contributed by atoms with Gasteiger partial charge in [0.25, 0.3) is 5.91 Å². The highest BCUT2D eigenvalue weighted by Crippen LogP contribution is 2.30. The van der Waals surface area contributed by atoms with Gasteiger partial charge in [0.15, 0.2) is 0 Å². The van der Waals surface area contributed by atoms with E-state index in [1.54, 1.807) is 6.92 Å². The molecule has 3 aromatic rings. The molecule has 1 aliphatic rings. The van der Waals surface area contributed by atoms with Gasteiger partial charge in [-0.25, -0.2) is 4.98 Å². The molecule has 6 heteroatoms. The average molecular weight is 364 g/mol. The maximum absolute atomic E-state index is 13.3. The third kappa shape index (κ3) is 3.27. The number of aromatic nitrogens is 3. The Morgan fingerprint density at radius 2 is 2.11 bits per heavy atom. The summed E-state index contributed by atoms with van der Waals surface area (Å²) in [4.78, 5) is 19.8. The molecule has 0 unspecified atom stereocenters. The Morgan fingerprint density at radius 3 is 2.89 bits per heavy atom. The number of aryl methyl sites for hydroxylation is 2. The fourth-order valence-electron chi connectivity index (χ4n) is 3.90. The standard InChI is InChI=1S/C21H24N4O2/c1-3-24-13-11-22-20(24)17-10-7-12-25(14-17)21(26)18-15(2)27-23-19(18)16-8-5-4-6-9-16/h4-6,8-9,11,13,17H,3,7,10,12,14H2,1-2H3/t17-/m0/s1. The Labute approximate surface area is 158 Å². The van der Waals surface area contributed by atoms with Crippen molar-refractivity contribution in [3.8, 4) is 11.3 Å². The van der Waals surface area contributed by atoms with Crippen molar-refractivity contribution >= 4 is 5.91 Å². The fourth-order valence-corrected chi connectivity index (χ4v) is 3.90. The number of carbonyl (C=O) groups is 1. The van der Waals surface area contributed by atoms with Crippen LogP contribution in [-0.4, -0.2) is 38.6 Å².